The maximum Gasteiger partial charge on any atom is 0.230 e. The summed E-state index contributed by atoms with van der Waals surface area (Å²) in [5.41, 5.74) is 3.93. The predicted molar refractivity (Wildman–Crippen MR) is 111 cm³/mol. The van der Waals surface area contributed by atoms with Crippen molar-refractivity contribution in [1.82, 2.24) is 9.78 Å². The summed E-state index contributed by atoms with van der Waals surface area (Å²) in [6.45, 7) is 0.399. The number of nitrogens with zero attached hydrogens (tertiary/aromatic N) is 3. The quantitative estimate of drug-likeness (QED) is 0.748. The Kier molecular flexibility index (Phi) is 4.39. The fraction of sp³-hybridized carbons (Fsp3) is 0.261. The van der Waals surface area contributed by atoms with Gasteiger partial charge in [0.2, 0.25) is 11.8 Å². The van der Waals surface area contributed by atoms with Gasteiger partial charge in [-0.25, -0.2) is 4.68 Å². The monoisotopic (exact) mass is 386 g/mol. The molecule has 146 valence electrons. The molecule has 2 aromatic carbocycles. The minimum absolute atomic E-state index is 0.0156. The molecule has 6 nitrogen and oxygen atoms in total. The lowest BCUT2D eigenvalue weighted by atomic mass is 10.1. The number of fused-ring (bicyclic) bond motifs is 1. The Morgan fingerprint density at radius 2 is 1.66 bits per heavy atom. The van der Waals surface area contributed by atoms with Crippen LogP contribution < -0.4 is 10.2 Å². The Bertz CT molecular complexity index is 1060. The molecular formula is C23H22N4O2. The van der Waals surface area contributed by atoms with Crippen LogP contribution >= 0.6 is 0 Å². The molecule has 2 amide bonds. The number of benzene rings is 2. The smallest absolute Gasteiger partial charge is 0.230 e. The van der Waals surface area contributed by atoms with E-state index in [-0.39, 0.29) is 24.2 Å². The van der Waals surface area contributed by atoms with E-state index < -0.39 is 0 Å². The third-order valence-electron chi connectivity index (χ3n) is 5.71. The van der Waals surface area contributed by atoms with Gasteiger partial charge in [-0.2, -0.15) is 5.10 Å². The Morgan fingerprint density at radius 1 is 0.966 bits per heavy atom. The summed E-state index contributed by atoms with van der Waals surface area (Å²) in [6, 6.07) is 19.4. The molecular weight excluding hydrogens is 364 g/mol. The van der Waals surface area contributed by atoms with Gasteiger partial charge in [-0.3, -0.25) is 9.59 Å². The van der Waals surface area contributed by atoms with Crippen molar-refractivity contribution in [3.63, 3.8) is 0 Å². The van der Waals surface area contributed by atoms with E-state index in [4.69, 9.17) is 5.10 Å². The van der Waals surface area contributed by atoms with E-state index in [9.17, 15) is 9.59 Å². The van der Waals surface area contributed by atoms with Gasteiger partial charge in [-0.15, -0.1) is 0 Å². The molecule has 2 aliphatic rings. The average molecular weight is 386 g/mol. The standard InChI is InChI=1S/C23H22N4O2/c28-21-14-16(15-26(21)17-8-3-1-4-9-17)23(29)24-22-19-12-7-13-20(19)25-27(22)18-10-5-2-6-11-18/h1-6,8-11,16H,7,12-15H2,(H,24,29). The zero-order valence-electron chi connectivity index (χ0n) is 16.0. The molecule has 0 radical (unpaired) electrons. The number of hydrogen-bond acceptors (Lipinski definition) is 3. The van der Waals surface area contributed by atoms with Gasteiger partial charge in [-0.1, -0.05) is 36.4 Å². The molecule has 1 saturated heterocycles. The Labute approximate surface area is 169 Å². The van der Waals surface area contributed by atoms with Crippen molar-refractivity contribution < 1.29 is 9.59 Å². The van der Waals surface area contributed by atoms with Crippen molar-refractivity contribution >= 4 is 23.3 Å². The zero-order valence-corrected chi connectivity index (χ0v) is 16.0. The molecule has 0 saturated carbocycles. The molecule has 1 atom stereocenters. The second-order valence-electron chi connectivity index (χ2n) is 7.60. The summed E-state index contributed by atoms with van der Waals surface area (Å²) in [4.78, 5) is 27.3. The van der Waals surface area contributed by atoms with Gasteiger partial charge in [0.1, 0.15) is 5.82 Å². The number of nitrogens with one attached hydrogen (secondary N) is 1. The highest BCUT2D eigenvalue weighted by Gasteiger charge is 2.36. The fourth-order valence-electron chi connectivity index (χ4n) is 4.24. The summed E-state index contributed by atoms with van der Waals surface area (Å²) < 4.78 is 1.83. The predicted octanol–water partition coefficient (Wildman–Crippen LogP) is 3.35. The van der Waals surface area contributed by atoms with Crippen molar-refractivity contribution in [3.05, 3.63) is 71.9 Å². The molecule has 1 fully saturated rings. The second kappa shape index (κ2) is 7.20. The number of amides is 2. The number of aromatic nitrogens is 2. The van der Waals surface area contributed by atoms with Crippen LogP contribution in [0.3, 0.4) is 0 Å². The molecule has 29 heavy (non-hydrogen) atoms. The largest absolute Gasteiger partial charge is 0.312 e. The number of carbonyl (C=O) groups is 2. The van der Waals surface area contributed by atoms with Crippen LogP contribution in [-0.4, -0.2) is 28.1 Å². The van der Waals surface area contributed by atoms with Crippen LogP contribution in [0.4, 0.5) is 11.5 Å². The van der Waals surface area contributed by atoms with Crippen LogP contribution in [0.25, 0.3) is 5.69 Å². The van der Waals surface area contributed by atoms with Crippen LogP contribution in [0, 0.1) is 5.92 Å². The number of anilines is 2. The number of carbonyl (C=O) groups excluding carboxylic acids is 2. The highest BCUT2D eigenvalue weighted by Crippen LogP contribution is 2.32. The Morgan fingerprint density at radius 3 is 2.38 bits per heavy atom. The number of para-hydroxylation sites is 2. The lowest BCUT2D eigenvalue weighted by Crippen LogP contribution is -2.28. The van der Waals surface area contributed by atoms with E-state index in [1.54, 1.807) is 4.90 Å². The van der Waals surface area contributed by atoms with Gasteiger partial charge < -0.3 is 10.2 Å². The van der Waals surface area contributed by atoms with E-state index in [1.807, 2.05) is 65.3 Å². The first-order valence-corrected chi connectivity index (χ1v) is 10.0. The summed E-state index contributed by atoms with van der Waals surface area (Å²) in [5.74, 6) is 0.236. The van der Waals surface area contributed by atoms with Crippen LogP contribution in [0.1, 0.15) is 24.1 Å². The first-order valence-electron chi connectivity index (χ1n) is 10.0. The van der Waals surface area contributed by atoms with Crippen molar-refractivity contribution in [1.29, 1.82) is 0 Å². The molecule has 0 spiro atoms. The van der Waals surface area contributed by atoms with Gasteiger partial charge in [0.25, 0.3) is 0 Å². The van der Waals surface area contributed by atoms with Gasteiger partial charge in [-0.05, 0) is 43.5 Å². The topological polar surface area (TPSA) is 67.2 Å². The summed E-state index contributed by atoms with van der Waals surface area (Å²) >= 11 is 0. The average Bonchev–Trinajstić information content (AvgIpc) is 3.45. The first-order chi connectivity index (χ1) is 14.2. The molecule has 5 rings (SSSR count). The van der Waals surface area contributed by atoms with Gasteiger partial charge in [0.15, 0.2) is 0 Å². The van der Waals surface area contributed by atoms with E-state index in [0.717, 1.165) is 47.7 Å². The molecule has 2 heterocycles. The summed E-state index contributed by atoms with van der Waals surface area (Å²) in [6.07, 6.45) is 3.13. The third-order valence-corrected chi connectivity index (χ3v) is 5.71. The SMILES string of the molecule is O=C(Nc1c2c(nn1-c1ccccc1)CCC2)C1CC(=O)N(c2ccccc2)C1. The molecule has 1 N–H and O–H groups in total. The van der Waals surface area contributed by atoms with Crippen LogP contribution in [0.15, 0.2) is 60.7 Å². The molecule has 1 aliphatic heterocycles. The van der Waals surface area contributed by atoms with Gasteiger partial charge in [0, 0.05) is 24.2 Å². The van der Waals surface area contributed by atoms with Crippen LogP contribution in [0.2, 0.25) is 0 Å². The highest BCUT2D eigenvalue weighted by atomic mass is 16.2. The summed E-state index contributed by atoms with van der Waals surface area (Å²) in [5, 5.41) is 7.85. The molecule has 0 bridgehead atoms. The van der Waals surface area contributed by atoms with Crippen LogP contribution in [-0.2, 0) is 22.4 Å². The molecule has 1 aliphatic carbocycles. The summed E-state index contributed by atoms with van der Waals surface area (Å²) in [7, 11) is 0. The lowest BCUT2D eigenvalue weighted by molar-refractivity contribution is -0.122. The van der Waals surface area contributed by atoms with Crippen molar-refractivity contribution in [3.8, 4) is 5.69 Å². The van der Waals surface area contributed by atoms with Gasteiger partial charge >= 0.3 is 0 Å². The van der Waals surface area contributed by atoms with Crippen molar-refractivity contribution in [2.24, 2.45) is 5.92 Å². The van der Waals surface area contributed by atoms with E-state index >= 15 is 0 Å². The maximum atomic E-state index is 13.1. The van der Waals surface area contributed by atoms with Crippen LogP contribution in [0.5, 0.6) is 0 Å². The molecule has 1 unspecified atom stereocenters. The van der Waals surface area contributed by atoms with E-state index in [1.165, 1.54) is 0 Å². The number of aryl methyl sites for hydroxylation is 1. The number of hydrogen-bond donors (Lipinski definition) is 1. The molecule has 6 heteroatoms. The van der Waals surface area contributed by atoms with E-state index in [2.05, 4.69) is 5.32 Å². The minimum atomic E-state index is -0.376. The maximum absolute atomic E-state index is 13.1. The van der Waals surface area contributed by atoms with Gasteiger partial charge in [0.05, 0.1) is 17.3 Å². The first kappa shape index (κ1) is 17.7. The van der Waals surface area contributed by atoms with Crippen molar-refractivity contribution in [2.75, 3.05) is 16.8 Å². The van der Waals surface area contributed by atoms with E-state index in [0.29, 0.717) is 6.54 Å². The highest BCUT2D eigenvalue weighted by molar-refractivity contribution is 6.03. The Balaban J connectivity index is 1.40. The minimum Gasteiger partial charge on any atom is -0.312 e. The lowest BCUT2D eigenvalue weighted by Gasteiger charge is -2.17. The second-order valence-corrected chi connectivity index (χ2v) is 7.60. The third kappa shape index (κ3) is 3.20. The van der Waals surface area contributed by atoms with Crippen molar-refractivity contribution in [2.45, 2.75) is 25.7 Å². The normalized spacial score (nSPS) is 18.1. The number of rotatable bonds is 4. The molecule has 1 aromatic heterocycles. The molecule has 3 aromatic rings. The zero-order chi connectivity index (χ0) is 19.8. The fourth-order valence-corrected chi connectivity index (χ4v) is 4.24. The Hall–Kier alpha value is -3.41.